The normalized spacial score (nSPS) is 13.7. The number of anilines is 1. The third kappa shape index (κ3) is 8.69. The van der Waals surface area contributed by atoms with Gasteiger partial charge in [0.1, 0.15) is 17.1 Å². The van der Waals surface area contributed by atoms with Gasteiger partial charge in [-0.05, 0) is 56.1 Å². The quantitative estimate of drug-likeness (QED) is 0.263. The minimum atomic E-state index is -4.48. The second-order valence-electron chi connectivity index (χ2n) is 7.03. The summed E-state index contributed by atoms with van der Waals surface area (Å²) in [5.74, 6) is -0.473. The number of nitrogens with zero attached hydrogens (tertiary/aromatic N) is 3. The number of hydrogen-bond donors (Lipinski definition) is 3. The van der Waals surface area contributed by atoms with Gasteiger partial charge in [0, 0.05) is 17.3 Å². The third-order valence-electron chi connectivity index (χ3n) is 4.63. The Hall–Kier alpha value is -3.44. The Balaban J connectivity index is 0.000000355. The summed E-state index contributed by atoms with van der Waals surface area (Å²) in [6.07, 6.45) is 0.203. The van der Waals surface area contributed by atoms with Crippen molar-refractivity contribution in [3.8, 4) is 0 Å². The van der Waals surface area contributed by atoms with E-state index in [1.807, 2.05) is 19.2 Å². The number of hydrogen-bond acceptors (Lipinski definition) is 6. The SMILES string of the molecule is C=CN=C(N)C(O)(CC)c1cccc(C(F)(F)F)c1.C=N/C(=C\SC)C(=O)Nc1ccc(C)nc1. The molecular weight excluding hydrogens is 479 g/mol. The molecule has 2 aromatic rings. The fourth-order valence-electron chi connectivity index (χ4n) is 2.70. The van der Waals surface area contributed by atoms with Gasteiger partial charge in [-0.1, -0.05) is 25.6 Å². The summed E-state index contributed by atoms with van der Waals surface area (Å²) in [6, 6.07) is 8.02. The van der Waals surface area contributed by atoms with Crippen LogP contribution in [0.1, 0.15) is 30.2 Å². The van der Waals surface area contributed by atoms with Gasteiger partial charge in [0.15, 0.2) is 0 Å². The van der Waals surface area contributed by atoms with E-state index in [0.29, 0.717) is 11.4 Å². The van der Waals surface area contributed by atoms with E-state index in [-0.39, 0.29) is 23.7 Å². The zero-order valence-electron chi connectivity index (χ0n) is 19.6. The average molecular weight is 508 g/mol. The Morgan fingerprint density at radius 1 is 1.29 bits per heavy atom. The number of benzene rings is 1. The van der Waals surface area contributed by atoms with Crippen molar-refractivity contribution < 1.29 is 23.1 Å². The number of rotatable bonds is 8. The van der Waals surface area contributed by atoms with E-state index in [1.54, 1.807) is 24.6 Å². The molecule has 0 spiro atoms. The van der Waals surface area contributed by atoms with Gasteiger partial charge < -0.3 is 16.2 Å². The second-order valence-corrected chi connectivity index (χ2v) is 7.74. The monoisotopic (exact) mass is 507 g/mol. The van der Waals surface area contributed by atoms with E-state index in [4.69, 9.17) is 5.73 Å². The van der Waals surface area contributed by atoms with Crippen molar-refractivity contribution in [2.75, 3.05) is 11.6 Å². The van der Waals surface area contributed by atoms with E-state index in [1.165, 1.54) is 23.9 Å². The van der Waals surface area contributed by atoms with Crippen molar-refractivity contribution in [2.45, 2.75) is 32.0 Å². The molecule has 188 valence electrons. The summed E-state index contributed by atoms with van der Waals surface area (Å²) in [5.41, 5.74) is 4.92. The molecule has 0 aliphatic carbocycles. The molecule has 0 aliphatic heterocycles. The minimum Gasteiger partial charge on any atom is -0.384 e. The number of aliphatic imine (C=N–C) groups is 2. The molecule has 1 amide bonds. The standard InChI is InChI=1S/C13H15F3N2O.C11H13N3OS/c1-3-12(19,11(17)18-4-2)9-6-5-7-10(8-9)13(14,15)16;1-8-4-5-9(6-13-8)14-11(15)10(12-2)7-16-3/h4-8,19H,2-3H2,1H3,(H2,17,18);4-7H,2H2,1,3H3,(H,14,15)/b;10-7-. The van der Waals surface area contributed by atoms with Crippen molar-refractivity contribution in [3.05, 3.63) is 83.3 Å². The zero-order valence-corrected chi connectivity index (χ0v) is 20.5. The average Bonchev–Trinajstić information content (AvgIpc) is 2.83. The molecule has 1 unspecified atom stereocenters. The highest BCUT2D eigenvalue weighted by Gasteiger charge is 2.36. The largest absolute Gasteiger partial charge is 0.416 e. The highest BCUT2D eigenvalue weighted by Crippen LogP contribution is 2.33. The maximum Gasteiger partial charge on any atom is 0.416 e. The van der Waals surface area contributed by atoms with Crippen LogP contribution in [0.25, 0.3) is 0 Å². The maximum absolute atomic E-state index is 12.6. The van der Waals surface area contributed by atoms with Crippen molar-refractivity contribution in [1.29, 1.82) is 0 Å². The highest BCUT2D eigenvalue weighted by molar-refractivity contribution is 8.01. The number of nitrogens with two attached hydrogens (primary N) is 1. The predicted molar refractivity (Wildman–Crippen MR) is 136 cm³/mol. The smallest absolute Gasteiger partial charge is 0.384 e. The Bertz CT molecular complexity index is 1090. The molecule has 2 rings (SSSR count). The molecule has 1 atom stereocenters. The first kappa shape index (κ1) is 29.6. The summed E-state index contributed by atoms with van der Waals surface area (Å²) in [7, 11) is 0. The number of pyridine rings is 1. The first-order chi connectivity index (χ1) is 16.4. The van der Waals surface area contributed by atoms with Crippen LogP contribution in [-0.2, 0) is 16.6 Å². The molecular formula is C24H28F3N5O2S. The number of amides is 1. The number of aromatic nitrogens is 1. The van der Waals surface area contributed by atoms with Crippen LogP contribution in [0.5, 0.6) is 0 Å². The molecule has 1 heterocycles. The van der Waals surface area contributed by atoms with Gasteiger partial charge in [0.25, 0.3) is 5.91 Å². The number of alkyl halides is 3. The lowest BCUT2D eigenvalue weighted by Gasteiger charge is -2.27. The number of aliphatic hydroxyl groups is 1. The summed E-state index contributed by atoms with van der Waals surface area (Å²) in [4.78, 5) is 23.1. The lowest BCUT2D eigenvalue weighted by molar-refractivity contribution is -0.137. The van der Waals surface area contributed by atoms with Crippen molar-refractivity contribution in [3.63, 3.8) is 0 Å². The number of halogens is 3. The number of carbonyl (C=O) groups excluding carboxylic acids is 1. The molecule has 0 aliphatic rings. The van der Waals surface area contributed by atoms with Crippen molar-refractivity contribution in [2.24, 2.45) is 15.7 Å². The van der Waals surface area contributed by atoms with Crippen LogP contribution in [0.15, 0.2) is 76.5 Å². The third-order valence-corrected chi connectivity index (χ3v) is 5.09. The number of carbonyl (C=O) groups is 1. The van der Waals surface area contributed by atoms with E-state index in [0.717, 1.165) is 24.0 Å². The number of amidine groups is 1. The molecule has 1 aromatic heterocycles. The molecule has 1 aromatic carbocycles. The van der Waals surface area contributed by atoms with Crippen LogP contribution >= 0.6 is 11.8 Å². The second kappa shape index (κ2) is 13.4. The van der Waals surface area contributed by atoms with Crippen LogP contribution in [0.4, 0.5) is 18.9 Å². The molecule has 0 saturated carbocycles. The Kier molecular flexibility index (Phi) is 11.4. The van der Waals surface area contributed by atoms with Crippen LogP contribution < -0.4 is 11.1 Å². The first-order valence-electron chi connectivity index (χ1n) is 10.2. The molecule has 0 bridgehead atoms. The van der Waals surface area contributed by atoms with Crippen molar-refractivity contribution in [1.82, 2.24) is 4.98 Å². The summed E-state index contributed by atoms with van der Waals surface area (Å²) < 4.78 is 37.9. The molecule has 4 N–H and O–H groups in total. The maximum atomic E-state index is 12.6. The predicted octanol–water partition coefficient (Wildman–Crippen LogP) is 5.04. The van der Waals surface area contributed by atoms with E-state index >= 15 is 0 Å². The minimum absolute atomic E-state index is 0.0490. The van der Waals surface area contributed by atoms with Gasteiger partial charge in [-0.25, -0.2) is 4.99 Å². The summed E-state index contributed by atoms with van der Waals surface area (Å²) in [6.45, 7) is 10.2. The Morgan fingerprint density at radius 3 is 2.43 bits per heavy atom. The van der Waals surface area contributed by atoms with Gasteiger partial charge in [-0.15, -0.1) is 11.8 Å². The van der Waals surface area contributed by atoms with Gasteiger partial charge in [0.2, 0.25) is 0 Å². The fourth-order valence-corrected chi connectivity index (χ4v) is 3.11. The number of nitrogens with one attached hydrogen (secondary N) is 1. The fraction of sp³-hybridized carbons (Fsp3) is 0.250. The highest BCUT2D eigenvalue weighted by atomic mass is 32.2. The van der Waals surface area contributed by atoms with Gasteiger partial charge in [0.05, 0.1) is 17.4 Å². The summed E-state index contributed by atoms with van der Waals surface area (Å²) in [5, 5.41) is 14.7. The van der Waals surface area contributed by atoms with E-state index < -0.39 is 17.3 Å². The number of aryl methyl sites for hydroxylation is 1. The Labute approximate surface area is 206 Å². The van der Waals surface area contributed by atoms with Crippen LogP contribution in [-0.4, -0.2) is 34.8 Å². The Morgan fingerprint density at radius 2 is 1.94 bits per heavy atom. The zero-order chi connectivity index (χ0) is 26.6. The lowest BCUT2D eigenvalue weighted by Crippen LogP contribution is -2.40. The number of thioether (sulfide) groups is 1. The first-order valence-corrected chi connectivity index (χ1v) is 11.5. The van der Waals surface area contributed by atoms with Crippen molar-refractivity contribution >= 4 is 35.9 Å². The molecule has 0 saturated heterocycles. The topological polar surface area (TPSA) is 113 Å². The molecule has 11 heteroatoms. The van der Waals surface area contributed by atoms with Gasteiger partial charge >= 0.3 is 6.18 Å². The molecule has 7 nitrogen and oxygen atoms in total. The van der Waals surface area contributed by atoms with Crippen LogP contribution in [0, 0.1) is 6.92 Å². The van der Waals surface area contributed by atoms with E-state index in [2.05, 4.69) is 33.6 Å². The molecule has 0 radical (unpaired) electrons. The van der Waals surface area contributed by atoms with Crippen LogP contribution in [0.3, 0.4) is 0 Å². The summed E-state index contributed by atoms with van der Waals surface area (Å²) >= 11 is 1.40. The van der Waals surface area contributed by atoms with Gasteiger partial charge in [-0.2, -0.15) is 13.2 Å². The molecule has 35 heavy (non-hydrogen) atoms. The molecule has 0 fully saturated rings. The van der Waals surface area contributed by atoms with Crippen LogP contribution in [0.2, 0.25) is 0 Å². The lowest BCUT2D eigenvalue weighted by atomic mass is 9.89. The van der Waals surface area contributed by atoms with E-state index in [9.17, 15) is 23.1 Å². The van der Waals surface area contributed by atoms with Gasteiger partial charge in [-0.3, -0.25) is 14.8 Å².